The van der Waals surface area contributed by atoms with Crippen LogP contribution in [0.4, 0.5) is 10.1 Å². The Morgan fingerprint density at radius 2 is 2.35 bits per heavy atom. The van der Waals surface area contributed by atoms with Gasteiger partial charge in [-0.2, -0.15) is 5.26 Å². The van der Waals surface area contributed by atoms with E-state index in [9.17, 15) is 9.18 Å². The second-order valence-electron chi connectivity index (χ2n) is 3.13. The number of rotatable bonds is 2. The van der Waals surface area contributed by atoms with Crippen molar-refractivity contribution >= 4 is 22.9 Å². The Balaban J connectivity index is 2.25. The zero-order chi connectivity index (χ0) is 12.3. The summed E-state index contributed by atoms with van der Waals surface area (Å²) in [6.45, 7) is 0. The first-order chi connectivity index (χ1) is 8.20. The van der Waals surface area contributed by atoms with E-state index < -0.39 is 11.7 Å². The maximum absolute atomic E-state index is 12.9. The number of carbonyl (C=O) groups is 1. The summed E-state index contributed by atoms with van der Waals surface area (Å²) >= 11 is 1.29. The Hall–Kier alpha value is -2.26. The number of anilines is 1. The van der Waals surface area contributed by atoms with Gasteiger partial charge in [-0.1, -0.05) is 0 Å². The Morgan fingerprint density at radius 3 is 3.00 bits per heavy atom. The predicted molar refractivity (Wildman–Crippen MR) is 61.2 cm³/mol. The number of hydrogen-bond acceptors (Lipinski definition) is 4. The summed E-state index contributed by atoms with van der Waals surface area (Å²) in [4.78, 5) is 15.5. The average molecular weight is 247 g/mol. The monoisotopic (exact) mass is 247 g/mol. The van der Waals surface area contributed by atoms with Crippen LogP contribution >= 0.6 is 11.3 Å². The third-order valence-electron chi connectivity index (χ3n) is 2.02. The molecular weight excluding hydrogens is 241 g/mol. The molecule has 0 spiro atoms. The van der Waals surface area contributed by atoms with Crippen LogP contribution in [-0.4, -0.2) is 10.9 Å². The maximum Gasteiger partial charge on any atom is 0.275 e. The molecule has 0 radical (unpaired) electrons. The number of nitrogens with one attached hydrogen (secondary N) is 1. The number of nitrogens with zero attached hydrogens (tertiary/aromatic N) is 2. The summed E-state index contributed by atoms with van der Waals surface area (Å²) < 4.78 is 12.9. The zero-order valence-electron chi connectivity index (χ0n) is 8.48. The van der Waals surface area contributed by atoms with Gasteiger partial charge in [0.15, 0.2) is 0 Å². The van der Waals surface area contributed by atoms with Gasteiger partial charge in [0, 0.05) is 5.38 Å². The van der Waals surface area contributed by atoms with Crippen LogP contribution in [0.5, 0.6) is 0 Å². The third-order valence-corrected chi connectivity index (χ3v) is 2.60. The van der Waals surface area contributed by atoms with Crippen LogP contribution in [-0.2, 0) is 0 Å². The van der Waals surface area contributed by atoms with Crippen LogP contribution in [0.25, 0.3) is 0 Å². The first-order valence-corrected chi connectivity index (χ1v) is 5.54. The minimum atomic E-state index is -0.520. The highest BCUT2D eigenvalue weighted by atomic mass is 32.1. The SMILES string of the molecule is N#Cc1cc(F)ccc1NC(=O)c1cscn1. The van der Waals surface area contributed by atoms with Gasteiger partial charge in [-0.15, -0.1) is 11.3 Å². The number of aromatic nitrogens is 1. The molecule has 84 valence electrons. The van der Waals surface area contributed by atoms with Gasteiger partial charge in [0.05, 0.1) is 16.8 Å². The Kier molecular flexibility index (Phi) is 3.12. The molecule has 0 unspecified atom stereocenters. The van der Waals surface area contributed by atoms with E-state index in [1.165, 1.54) is 29.0 Å². The van der Waals surface area contributed by atoms with Crippen molar-refractivity contribution in [2.45, 2.75) is 0 Å². The van der Waals surface area contributed by atoms with Gasteiger partial charge in [0.2, 0.25) is 0 Å². The van der Waals surface area contributed by atoms with E-state index in [0.29, 0.717) is 0 Å². The molecule has 0 aliphatic rings. The Labute approximate surface area is 100 Å². The van der Waals surface area contributed by atoms with Crippen molar-refractivity contribution in [3.05, 3.63) is 46.2 Å². The normalized spacial score (nSPS) is 9.65. The number of halogens is 1. The van der Waals surface area contributed by atoms with Crippen LogP contribution in [0.3, 0.4) is 0 Å². The molecule has 4 nitrogen and oxygen atoms in total. The first kappa shape index (κ1) is 11.2. The highest BCUT2D eigenvalue weighted by Gasteiger charge is 2.11. The molecule has 0 saturated carbocycles. The smallest absolute Gasteiger partial charge is 0.275 e. The summed E-state index contributed by atoms with van der Waals surface area (Å²) in [5.41, 5.74) is 2.15. The lowest BCUT2D eigenvalue weighted by Crippen LogP contribution is -2.13. The summed E-state index contributed by atoms with van der Waals surface area (Å²) in [6, 6.07) is 5.40. The molecule has 2 aromatic rings. The molecular formula is C11H6FN3OS. The highest BCUT2D eigenvalue weighted by molar-refractivity contribution is 7.07. The Bertz CT molecular complexity index is 589. The summed E-state index contributed by atoms with van der Waals surface area (Å²) in [5.74, 6) is -0.942. The van der Waals surface area contributed by atoms with E-state index in [2.05, 4.69) is 10.3 Å². The van der Waals surface area contributed by atoms with Crippen molar-refractivity contribution < 1.29 is 9.18 Å². The summed E-state index contributed by atoms with van der Waals surface area (Å²) in [7, 11) is 0. The van der Waals surface area contributed by atoms with E-state index in [1.54, 1.807) is 5.38 Å². The van der Waals surface area contributed by atoms with Gasteiger partial charge in [-0.05, 0) is 18.2 Å². The van der Waals surface area contributed by atoms with E-state index >= 15 is 0 Å². The molecule has 0 fully saturated rings. The lowest BCUT2D eigenvalue weighted by Gasteiger charge is -2.05. The van der Waals surface area contributed by atoms with Crippen LogP contribution < -0.4 is 5.32 Å². The minimum absolute atomic E-state index is 0.0774. The van der Waals surface area contributed by atoms with Gasteiger partial charge < -0.3 is 5.32 Å². The van der Waals surface area contributed by atoms with Gasteiger partial charge >= 0.3 is 0 Å². The second-order valence-corrected chi connectivity index (χ2v) is 3.85. The molecule has 6 heteroatoms. The molecule has 17 heavy (non-hydrogen) atoms. The quantitative estimate of drug-likeness (QED) is 0.886. The van der Waals surface area contributed by atoms with E-state index in [-0.39, 0.29) is 16.9 Å². The van der Waals surface area contributed by atoms with Gasteiger partial charge in [-0.3, -0.25) is 4.79 Å². The average Bonchev–Trinajstić information content (AvgIpc) is 2.85. The number of hydrogen-bond donors (Lipinski definition) is 1. The van der Waals surface area contributed by atoms with Crippen molar-refractivity contribution in [3.63, 3.8) is 0 Å². The first-order valence-electron chi connectivity index (χ1n) is 4.60. The molecule has 0 atom stereocenters. The van der Waals surface area contributed by atoms with Crippen LogP contribution in [0.15, 0.2) is 29.1 Å². The second kappa shape index (κ2) is 4.72. The summed E-state index contributed by atoms with van der Waals surface area (Å²) in [5, 5.41) is 12.9. The number of carbonyl (C=O) groups excluding carboxylic acids is 1. The topological polar surface area (TPSA) is 65.8 Å². The highest BCUT2D eigenvalue weighted by Crippen LogP contribution is 2.17. The summed E-state index contributed by atoms with van der Waals surface area (Å²) in [6.07, 6.45) is 0. The van der Waals surface area contributed by atoms with E-state index in [1.807, 2.05) is 6.07 Å². The predicted octanol–water partition coefficient (Wildman–Crippen LogP) is 2.41. The number of thiazole rings is 1. The number of nitriles is 1. The van der Waals surface area contributed by atoms with E-state index in [4.69, 9.17) is 5.26 Å². The number of amides is 1. The van der Waals surface area contributed by atoms with Crippen molar-refractivity contribution in [1.29, 1.82) is 5.26 Å². The molecule has 1 aromatic carbocycles. The van der Waals surface area contributed by atoms with Crippen LogP contribution in [0.1, 0.15) is 16.1 Å². The lowest BCUT2D eigenvalue weighted by molar-refractivity contribution is 0.102. The van der Waals surface area contributed by atoms with Gasteiger partial charge in [0.25, 0.3) is 5.91 Å². The van der Waals surface area contributed by atoms with Crippen molar-refractivity contribution in [1.82, 2.24) is 4.98 Å². The fraction of sp³-hybridized carbons (Fsp3) is 0. The van der Waals surface area contributed by atoms with Crippen LogP contribution in [0.2, 0.25) is 0 Å². The molecule has 2 rings (SSSR count). The molecule has 0 saturated heterocycles. The maximum atomic E-state index is 12.9. The zero-order valence-corrected chi connectivity index (χ0v) is 9.29. The Morgan fingerprint density at radius 1 is 1.53 bits per heavy atom. The van der Waals surface area contributed by atoms with Crippen molar-refractivity contribution in [2.24, 2.45) is 0 Å². The van der Waals surface area contributed by atoms with E-state index in [0.717, 1.165) is 6.07 Å². The molecule has 1 heterocycles. The van der Waals surface area contributed by atoms with Crippen molar-refractivity contribution in [2.75, 3.05) is 5.32 Å². The fourth-order valence-electron chi connectivity index (χ4n) is 1.23. The third kappa shape index (κ3) is 2.46. The fourth-order valence-corrected chi connectivity index (χ4v) is 1.76. The van der Waals surface area contributed by atoms with Gasteiger partial charge in [-0.25, -0.2) is 9.37 Å². The van der Waals surface area contributed by atoms with Crippen molar-refractivity contribution in [3.8, 4) is 6.07 Å². The molecule has 1 N–H and O–H groups in total. The minimum Gasteiger partial charge on any atom is -0.319 e. The molecule has 1 amide bonds. The largest absolute Gasteiger partial charge is 0.319 e. The number of benzene rings is 1. The van der Waals surface area contributed by atoms with Crippen LogP contribution in [0, 0.1) is 17.1 Å². The molecule has 0 bridgehead atoms. The standard InChI is InChI=1S/C11H6FN3OS/c12-8-1-2-9(7(3-8)4-13)15-11(16)10-5-17-6-14-10/h1-3,5-6H,(H,15,16). The molecule has 0 aliphatic carbocycles. The molecule has 1 aromatic heterocycles. The lowest BCUT2D eigenvalue weighted by atomic mass is 10.2. The van der Waals surface area contributed by atoms with Gasteiger partial charge in [0.1, 0.15) is 17.6 Å². The molecule has 0 aliphatic heterocycles.